The van der Waals surface area contributed by atoms with Crippen LogP contribution in [0.3, 0.4) is 0 Å². The molecule has 10 heteroatoms. The number of carbonyl (C=O) groups is 1. The molecule has 4 aromatic rings. The number of anilines is 1. The third-order valence-corrected chi connectivity index (χ3v) is 8.70. The lowest BCUT2D eigenvalue weighted by Crippen LogP contribution is -2.37. The average Bonchev–Trinajstić information content (AvgIpc) is 3.70. The summed E-state index contributed by atoms with van der Waals surface area (Å²) < 4.78 is 45.5. The van der Waals surface area contributed by atoms with Gasteiger partial charge in [0.25, 0.3) is 0 Å². The number of hydrogen-bond donors (Lipinski definition) is 1. The van der Waals surface area contributed by atoms with Gasteiger partial charge < -0.3 is 43.2 Å². The van der Waals surface area contributed by atoms with Crippen molar-refractivity contribution in [3.8, 4) is 46.0 Å². The quantitative estimate of drug-likeness (QED) is 0.216. The lowest BCUT2D eigenvalue weighted by molar-refractivity contribution is -0.141. The van der Waals surface area contributed by atoms with Crippen LogP contribution in [0.15, 0.2) is 72.8 Å². The monoisotopic (exact) mass is 611 g/mol. The summed E-state index contributed by atoms with van der Waals surface area (Å²) >= 11 is 0. The summed E-state index contributed by atoms with van der Waals surface area (Å²) in [6, 6.07) is 22.7. The summed E-state index contributed by atoms with van der Waals surface area (Å²) in [5, 5.41) is 3.69. The number of nitrogens with one attached hydrogen (secondary N) is 1. The van der Waals surface area contributed by atoms with E-state index in [4.69, 9.17) is 37.9 Å². The molecule has 1 N–H and O–H groups in total. The Morgan fingerprint density at radius 2 is 1.29 bits per heavy atom. The molecular formula is C35H33NO9. The predicted molar refractivity (Wildman–Crippen MR) is 164 cm³/mol. The van der Waals surface area contributed by atoms with Gasteiger partial charge in [0.1, 0.15) is 17.2 Å². The highest BCUT2D eigenvalue weighted by molar-refractivity contribution is 5.79. The lowest BCUT2D eigenvalue weighted by atomic mass is 9.65. The van der Waals surface area contributed by atoms with Crippen LogP contribution in [0, 0.1) is 11.8 Å². The van der Waals surface area contributed by atoms with Crippen molar-refractivity contribution in [1.82, 2.24) is 0 Å². The van der Waals surface area contributed by atoms with E-state index in [9.17, 15) is 4.79 Å². The zero-order valence-electron chi connectivity index (χ0n) is 25.3. The molecule has 0 amide bonds. The zero-order chi connectivity index (χ0) is 31.1. The molecule has 0 saturated carbocycles. The van der Waals surface area contributed by atoms with E-state index in [1.54, 1.807) is 28.4 Å². The summed E-state index contributed by atoms with van der Waals surface area (Å²) in [5.74, 6) is 3.69. The number of cyclic esters (lactones) is 1. The second-order valence-electron chi connectivity index (χ2n) is 11.0. The van der Waals surface area contributed by atoms with Gasteiger partial charge in [0.15, 0.2) is 23.0 Å². The molecule has 1 aliphatic carbocycles. The minimum Gasteiger partial charge on any atom is -0.497 e. The molecule has 1 saturated heterocycles. The number of carbonyl (C=O) groups excluding carboxylic acids is 1. The van der Waals surface area contributed by atoms with Crippen LogP contribution in [0.2, 0.25) is 0 Å². The van der Waals surface area contributed by atoms with Gasteiger partial charge in [0, 0.05) is 17.5 Å². The molecule has 0 radical (unpaired) electrons. The third-order valence-electron chi connectivity index (χ3n) is 8.70. The maximum atomic E-state index is 13.5. The topological polar surface area (TPSA) is 103 Å². The van der Waals surface area contributed by atoms with Crippen molar-refractivity contribution >= 4 is 11.7 Å². The molecule has 0 unspecified atom stereocenters. The predicted octanol–water partition coefficient (Wildman–Crippen LogP) is 6.33. The van der Waals surface area contributed by atoms with Gasteiger partial charge in [0.2, 0.25) is 12.5 Å². The van der Waals surface area contributed by atoms with Crippen LogP contribution in [-0.4, -0.2) is 47.8 Å². The van der Waals surface area contributed by atoms with Crippen LogP contribution in [0.4, 0.5) is 5.69 Å². The van der Waals surface area contributed by atoms with Gasteiger partial charge in [0.05, 0.1) is 47.0 Å². The molecule has 2 heterocycles. The van der Waals surface area contributed by atoms with Crippen LogP contribution in [0.1, 0.15) is 28.7 Å². The number of hydrogen-bond acceptors (Lipinski definition) is 10. The maximum Gasteiger partial charge on any atom is 0.310 e. The molecule has 1 fully saturated rings. The van der Waals surface area contributed by atoms with Crippen molar-refractivity contribution in [1.29, 1.82) is 0 Å². The fraction of sp³-hybridized carbons (Fsp3) is 0.286. The first-order valence-electron chi connectivity index (χ1n) is 14.6. The first kappa shape index (κ1) is 28.5. The van der Waals surface area contributed by atoms with Crippen LogP contribution in [0.5, 0.6) is 46.0 Å². The smallest absolute Gasteiger partial charge is 0.310 e. The van der Waals surface area contributed by atoms with E-state index in [1.807, 2.05) is 72.8 Å². The summed E-state index contributed by atoms with van der Waals surface area (Å²) in [6.45, 7) is 0.407. The first-order valence-corrected chi connectivity index (χ1v) is 14.6. The van der Waals surface area contributed by atoms with E-state index in [0.29, 0.717) is 40.2 Å². The van der Waals surface area contributed by atoms with Crippen molar-refractivity contribution in [3.63, 3.8) is 0 Å². The fourth-order valence-electron chi connectivity index (χ4n) is 6.61. The molecule has 3 aliphatic rings. The lowest BCUT2D eigenvalue weighted by Gasteiger charge is -2.40. The summed E-state index contributed by atoms with van der Waals surface area (Å²) in [4.78, 5) is 13.5. The Morgan fingerprint density at radius 1 is 0.689 bits per heavy atom. The molecule has 0 spiro atoms. The normalized spacial score (nSPS) is 20.8. The Morgan fingerprint density at radius 3 is 1.89 bits per heavy atom. The van der Waals surface area contributed by atoms with E-state index < -0.39 is 5.92 Å². The van der Waals surface area contributed by atoms with Gasteiger partial charge in [-0.15, -0.1) is 0 Å². The molecule has 7 rings (SSSR count). The van der Waals surface area contributed by atoms with E-state index >= 15 is 0 Å². The SMILES string of the molecule is COc1ccc(Oc2ccc(N[C@@H]3c4cc5c(cc4[C@@H](c4cc(OC)c(OC)c(OC)c4)[C@H]4C(=O)OC[C@@H]43)OCO5)cc2)cc1. The van der Waals surface area contributed by atoms with Crippen molar-refractivity contribution in [2.24, 2.45) is 11.8 Å². The molecule has 45 heavy (non-hydrogen) atoms. The Kier molecular flexibility index (Phi) is 7.40. The van der Waals surface area contributed by atoms with Crippen molar-refractivity contribution < 1.29 is 42.7 Å². The minimum absolute atomic E-state index is 0.135. The average molecular weight is 612 g/mol. The Labute approximate surface area is 260 Å². The van der Waals surface area contributed by atoms with E-state index in [2.05, 4.69) is 5.32 Å². The van der Waals surface area contributed by atoms with Gasteiger partial charge >= 0.3 is 5.97 Å². The number of fused-ring (bicyclic) bond motifs is 3. The van der Waals surface area contributed by atoms with Crippen molar-refractivity contribution in [2.75, 3.05) is 47.2 Å². The standard InChI is InChI=1S/C35H33NO9/c1-38-21-9-11-23(12-10-21)45-22-7-5-20(6-8-22)36-33-25-16-28-27(43-18-44-28)15-24(25)31(32-26(33)17-42-35(32)37)19-13-29(39-2)34(41-4)30(14-19)40-3/h5-16,26,31-33,36H,17-18H2,1-4H3/t26-,31+,32-,33+/m0/s1. The highest BCUT2D eigenvalue weighted by Crippen LogP contribution is 2.56. The maximum absolute atomic E-state index is 13.5. The summed E-state index contributed by atoms with van der Waals surface area (Å²) in [7, 11) is 6.35. The minimum atomic E-state index is -0.476. The largest absolute Gasteiger partial charge is 0.497 e. The molecule has 4 aromatic carbocycles. The zero-order valence-corrected chi connectivity index (χ0v) is 25.3. The second-order valence-corrected chi connectivity index (χ2v) is 11.0. The summed E-state index contributed by atoms with van der Waals surface area (Å²) in [5.41, 5.74) is 3.65. The number of ether oxygens (including phenoxy) is 8. The number of benzene rings is 4. The second kappa shape index (κ2) is 11.7. The van der Waals surface area contributed by atoms with Crippen LogP contribution >= 0.6 is 0 Å². The molecule has 2 aliphatic heterocycles. The van der Waals surface area contributed by atoms with Crippen LogP contribution < -0.4 is 38.5 Å². The fourth-order valence-corrected chi connectivity index (χ4v) is 6.61. The van der Waals surface area contributed by atoms with Crippen molar-refractivity contribution in [3.05, 3.63) is 89.5 Å². The van der Waals surface area contributed by atoms with E-state index in [-0.39, 0.29) is 37.2 Å². The molecular weight excluding hydrogens is 578 g/mol. The number of rotatable bonds is 9. The Bertz CT molecular complexity index is 1700. The van der Waals surface area contributed by atoms with E-state index in [0.717, 1.165) is 28.1 Å². The van der Waals surface area contributed by atoms with Gasteiger partial charge in [-0.3, -0.25) is 4.79 Å². The van der Waals surface area contributed by atoms with Gasteiger partial charge in [-0.2, -0.15) is 0 Å². The Balaban J connectivity index is 1.26. The summed E-state index contributed by atoms with van der Waals surface area (Å²) in [6.07, 6.45) is 0. The van der Waals surface area contributed by atoms with Gasteiger partial charge in [-0.1, -0.05) is 0 Å². The highest BCUT2D eigenvalue weighted by Gasteiger charge is 2.52. The highest BCUT2D eigenvalue weighted by atomic mass is 16.7. The van der Waals surface area contributed by atoms with E-state index in [1.165, 1.54) is 0 Å². The number of esters is 1. The number of methoxy groups -OCH3 is 4. The van der Waals surface area contributed by atoms with Gasteiger partial charge in [-0.25, -0.2) is 0 Å². The first-order chi connectivity index (χ1) is 22.0. The van der Waals surface area contributed by atoms with Crippen LogP contribution in [0.25, 0.3) is 0 Å². The molecule has 0 bridgehead atoms. The molecule has 0 aromatic heterocycles. The van der Waals surface area contributed by atoms with Crippen molar-refractivity contribution in [2.45, 2.75) is 12.0 Å². The molecule has 232 valence electrons. The third kappa shape index (κ3) is 5.05. The molecule has 10 nitrogen and oxygen atoms in total. The van der Waals surface area contributed by atoms with Crippen LogP contribution in [-0.2, 0) is 9.53 Å². The molecule has 4 atom stereocenters. The Hall–Kier alpha value is -5.25. The van der Waals surface area contributed by atoms with Gasteiger partial charge in [-0.05, 0) is 89.5 Å².